The van der Waals surface area contributed by atoms with E-state index >= 15 is 0 Å². The zero-order valence-corrected chi connectivity index (χ0v) is 12.5. The first-order valence-electron chi connectivity index (χ1n) is 7.84. The Morgan fingerprint density at radius 3 is 1.27 bits per heavy atom. The minimum absolute atomic E-state index is 0.286. The summed E-state index contributed by atoms with van der Waals surface area (Å²) in [6.45, 7) is 0. The van der Waals surface area contributed by atoms with Gasteiger partial charge < -0.3 is 11.5 Å². The number of rotatable bonds is 4. The van der Waals surface area contributed by atoms with E-state index in [0.717, 1.165) is 48.2 Å². The van der Waals surface area contributed by atoms with E-state index in [1.54, 1.807) is 0 Å². The number of Topliss-reactive ketones (excluding diaryl/α,β-unsaturated/α-hetero) is 1. The average Bonchev–Trinajstić information content (AvgIpc) is 3.42. The average molecular weight is 292 g/mol. The number of anilines is 2. The fourth-order valence-electron chi connectivity index (χ4n) is 3.61. The molecule has 2 fully saturated rings. The lowest BCUT2D eigenvalue weighted by Gasteiger charge is -2.22. The normalized spacial score (nSPS) is 20.4. The summed E-state index contributed by atoms with van der Waals surface area (Å²) in [7, 11) is 0. The maximum Gasteiger partial charge on any atom is 0.153 e. The Morgan fingerprint density at radius 2 is 1.00 bits per heavy atom. The second kappa shape index (κ2) is 4.35. The molecule has 2 saturated carbocycles. The highest BCUT2D eigenvalue weighted by molar-refractivity contribution is 6.03. The largest absolute Gasteiger partial charge is 0.399 e. The van der Waals surface area contributed by atoms with Gasteiger partial charge in [-0.25, -0.2) is 0 Å². The Morgan fingerprint density at radius 1 is 0.682 bits per heavy atom. The number of nitrogen functional groups attached to an aromatic ring is 2. The molecular formula is C19H20N2O. The van der Waals surface area contributed by atoms with Crippen molar-refractivity contribution in [3.63, 3.8) is 0 Å². The summed E-state index contributed by atoms with van der Waals surface area (Å²) in [5.74, 6) is 0.384. The van der Waals surface area contributed by atoms with Crippen LogP contribution in [0.25, 0.3) is 0 Å². The van der Waals surface area contributed by atoms with Crippen LogP contribution in [-0.2, 0) is 15.6 Å². The molecule has 0 unspecified atom stereocenters. The van der Waals surface area contributed by atoms with Crippen LogP contribution in [0.3, 0.4) is 0 Å². The molecule has 0 atom stereocenters. The molecule has 0 radical (unpaired) electrons. The van der Waals surface area contributed by atoms with Gasteiger partial charge in [0.25, 0.3) is 0 Å². The minimum Gasteiger partial charge on any atom is -0.399 e. The molecule has 112 valence electrons. The zero-order chi connectivity index (χ0) is 15.4. The summed E-state index contributed by atoms with van der Waals surface area (Å²) in [5, 5.41) is 0. The van der Waals surface area contributed by atoms with Crippen LogP contribution >= 0.6 is 0 Å². The van der Waals surface area contributed by atoms with Gasteiger partial charge in [-0.3, -0.25) is 4.79 Å². The first-order chi connectivity index (χ1) is 10.6. The summed E-state index contributed by atoms with van der Waals surface area (Å²) in [6, 6.07) is 15.6. The summed E-state index contributed by atoms with van der Waals surface area (Å²) >= 11 is 0. The molecule has 0 heterocycles. The first-order valence-corrected chi connectivity index (χ1v) is 7.84. The quantitative estimate of drug-likeness (QED) is 0.850. The predicted octanol–water partition coefficient (Wildman–Crippen LogP) is 3.18. The SMILES string of the molecule is Nc1ccc(C2(C(=O)C3(c4ccc(N)cc4)CC3)CC2)cc1. The number of benzene rings is 2. The Bertz CT molecular complexity index is 660. The smallest absolute Gasteiger partial charge is 0.153 e. The van der Waals surface area contributed by atoms with Crippen LogP contribution in [0, 0.1) is 0 Å². The molecule has 4 N–H and O–H groups in total. The molecule has 2 aromatic carbocycles. The van der Waals surface area contributed by atoms with Crippen molar-refractivity contribution < 1.29 is 4.79 Å². The summed E-state index contributed by atoms with van der Waals surface area (Å²) in [5.41, 5.74) is 14.7. The lowest BCUT2D eigenvalue weighted by molar-refractivity contribution is -0.124. The molecule has 2 aliphatic rings. The Kier molecular flexibility index (Phi) is 2.65. The van der Waals surface area contributed by atoms with Gasteiger partial charge in [0.15, 0.2) is 5.78 Å². The summed E-state index contributed by atoms with van der Waals surface area (Å²) < 4.78 is 0. The van der Waals surface area contributed by atoms with Crippen LogP contribution in [0.5, 0.6) is 0 Å². The van der Waals surface area contributed by atoms with Crippen molar-refractivity contribution in [2.45, 2.75) is 36.5 Å². The Balaban J connectivity index is 1.69. The van der Waals surface area contributed by atoms with Crippen LogP contribution in [0.1, 0.15) is 36.8 Å². The third-order valence-electron chi connectivity index (χ3n) is 5.30. The third kappa shape index (κ3) is 1.85. The van der Waals surface area contributed by atoms with Gasteiger partial charge in [0.05, 0.1) is 10.8 Å². The van der Waals surface area contributed by atoms with Gasteiger partial charge in [-0.2, -0.15) is 0 Å². The second-order valence-electron chi connectivity index (χ2n) is 6.74. The third-order valence-corrected chi connectivity index (χ3v) is 5.30. The predicted molar refractivity (Wildman–Crippen MR) is 88.5 cm³/mol. The van der Waals surface area contributed by atoms with E-state index in [1.165, 1.54) is 0 Å². The molecule has 0 aliphatic heterocycles. The molecule has 0 aromatic heterocycles. The van der Waals surface area contributed by atoms with E-state index in [1.807, 2.05) is 48.5 Å². The number of hydrogen-bond donors (Lipinski definition) is 2. The van der Waals surface area contributed by atoms with Gasteiger partial charge >= 0.3 is 0 Å². The van der Waals surface area contributed by atoms with Gasteiger partial charge in [-0.1, -0.05) is 24.3 Å². The fourth-order valence-corrected chi connectivity index (χ4v) is 3.61. The van der Waals surface area contributed by atoms with Crippen LogP contribution < -0.4 is 11.5 Å². The molecule has 0 amide bonds. The molecule has 2 aliphatic carbocycles. The second-order valence-corrected chi connectivity index (χ2v) is 6.74. The maximum atomic E-state index is 13.3. The van der Waals surface area contributed by atoms with E-state index in [4.69, 9.17) is 11.5 Å². The lowest BCUT2D eigenvalue weighted by atomic mass is 9.79. The van der Waals surface area contributed by atoms with Crippen LogP contribution in [-0.4, -0.2) is 5.78 Å². The van der Waals surface area contributed by atoms with E-state index in [9.17, 15) is 4.79 Å². The number of carbonyl (C=O) groups excluding carboxylic acids is 1. The molecule has 22 heavy (non-hydrogen) atoms. The monoisotopic (exact) mass is 292 g/mol. The van der Waals surface area contributed by atoms with Crippen molar-refractivity contribution in [2.24, 2.45) is 0 Å². The highest BCUT2D eigenvalue weighted by Gasteiger charge is 2.63. The van der Waals surface area contributed by atoms with Gasteiger partial charge in [-0.05, 0) is 61.1 Å². The van der Waals surface area contributed by atoms with Crippen molar-refractivity contribution in [1.29, 1.82) is 0 Å². The van der Waals surface area contributed by atoms with Crippen molar-refractivity contribution in [1.82, 2.24) is 0 Å². The minimum atomic E-state index is -0.286. The zero-order valence-electron chi connectivity index (χ0n) is 12.5. The molecule has 3 nitrogen and oxygen atoms in total. The highest BCUT2D eigenvalue weighted by Crippen LogP contribution is 2.60. The lowest BCUT2D eigenvalue weighted by Crippen LogP contribution is -2.32. The molecule has 0 saturated heterocycles. The van der Waals surface area contributed by atoms with Crippen molar-refractivity contribution in [3.8, 4) is 0 Å². The maximum absolute atomic E-state index is 13.3. The summed E-state index contributed by atoms with van der Waals surface area (Å²) in [6.07, 6.45) is 3.80. The fraction of sp³-hybridized carbons (Fsp3) is 0.316. The van der Waals surface area contributed by atoms with Crippen molar-refractivity contribution in [2.75, 3.05) is 11.5 Å². The van der Waals surface area contributed by atoms with Crippen molar-refractivity contribution in [3.05, 3.63) is 59.7 Å². The molecule has 3 heteroatoms. The van der Waals surface area contributed by atoms with E-state index in [0.29, 0.717) is 5.78 Å². The van der Waals surface area contributed by atoms with Gasteiger partial charge in [-0.15, -0.1) is 0 Å². The number of carbonyl (C=O) groups is 1. The van der Waals surface area contributed by atoms with E-state index < -0.39 is 0 Å². The topological polar surface area (TPSA) is 69.1 Å². The molecular weight excluding hydrogens is 272 g/mol. The van der Waals surface area contributed by atoms with Crippen LogP contribution in [0.15, 0.2) is 48.5 Å². The van der Waals surface area contributed by atoms with E-state index in [2.05, 4.69) is 0 Å². The van der Waals surface area contributed by atoms with Crippen LogP contribution in [0.2, 0.25) is 0 Å². The Hall–Kier alpha value is -2.29. The molecule has 0 spiro atoms. The standard InChI is InChI=1S/C19H20N2O/c20-15-5-1-13(2-6-15)18(9-10-18)17(22)19(11-12-19)14-3-7-16(21)8-4-14/h1-8H,9-12,20-21H2. The molecule has 0 bridgehead atoms. The van der Waals surface area contributed by atoms with Crippen molar-refractivity contribution >= 4 is 17.2 Å². The molecule has 2 aromatic rings. The number of ketones is 1. The van der Waals surface area contributed by atoms with Gasteiger partial charge in [0.2, 0.25) is 0 Å². The highest BCUT2D eigenvalue weighted by atomic mass is 16.1. The van der Waals surface area contributed by atoms with Crippen LogP contribution in [0.4, 0.5) is 11.4 Å². The first kappa shape index (κ1) is 13.4. The number of hydrogen-bond acceptors (Lipinski definition) is 3. The summed E-state index contributed by atoms with van der Waals surface area (Å²) in [4.78, 5) is 13.3. The van der Waals surface area contributed by atoms with Gasteiger partial charge in [0.1, 0.15) is 0 Å². The Labute approximate surface area is 130 Å². The van der Waals surface area contributed by atoms with E-state index in [-0.39, 0.29) is 10.8 Å². The van der Waals surface area contributed by atoms with Gasteiger partial charge in [0, 0.05) is 11.4 Å². The number of nitrogens with two attached hydrogens (primary N) is 2. The molecule has 4 rings (SSSR count).